The van der Waals surface area contributed by atoms with Crippen LogP contribution in [0.3, 0.4) is 0 Å². The highest BCUT2D eigenvalue weighted by Gasteiger charge is 2.04. The molecule has 0 aliphatic carbocycles. The molecule has 0 bridgehead atoms. The largest absolute Gasteiger partial charge is 0.320 e. The van der Waals surface area contributed by atoms with Crippen LogP contribution in [-0.4, -0.2) is 20.0 Å². The van der Waals surface area contributed by atoms with Crippen LogP contribution in [0.2, 0.25) is 0 Å². The lowest BCUT2D eigenvalue weighted by molar-refractivity contribution is 0.149. The highest BCUT2D eigenvalue weighted by Crippen LogP contribution is 2.11. The van der Waals surface area contributed by atoms with Gasteiger partial charge in [0.05, 0.1) is 0 Å². The van der Waals surface area contributed by atoms with Gasteiger partial charge < -0.3 is 5.32 Å². The first-order valence-corrected chi connectivity index (χ1v) is 5.23. The van der Waals surface area contributed by atoms with Crippen LogP contribution >= 0.6 is 0 Å². The standard InChI is InChI=1S/C12H17F2N/c1-15-7-3-6-10-4-2-5-11(8-10)9-12(13)14/h2,4-5,8,12,15H,3,6-7,9H2,1H3. The molecule has 1 aromatic rings. The zero-order valence-electron chi connectivity index (χ0n) is 8.97. The smallest absolute Gasteiger partial charge is 0.242 e. The molecule has 0 saturated heterocycles. The first-order valence-electron chi connectivity index (χ1n) is 5.23. The Morgan fingerprint density at radius 3 is 2.67 bits per heavy atom. The summed E-state index contributed by atoms with van der Waals surface area (Å²) in [6.45, 7) is 0.957. The van der Waals surface area contributed by atoms with Crippen molar-refractivity contribution in [3.8, 4) is 0 Å². The minimum absolute atomic E-state index is 0.139. The van der Waals surface area contributed by atoms with E-state index in [0.29, 0.717) is 0 Å². The van der Waals surface area contributed by atoms with E-state index in [4.69, 9.17) is 0 Å². The van der Waals surface area contributed by atoms with Crippen molar-refractivity contribution in [3.63, 3.8) is 0 Å². The minimum Gasteiger partial charge on any atom is -0.320 e. The van der Waals surface area contributed by atoms with Crippen molar-refractivity contribution in [1.29, 1.82) is 0 Å². The molecule has 0 aliphatic heterocycles. The average Bonchev–Trinajstić information content (AvgIpc) is 2.18. The van der Waals surface area contributed by atoms with Crippen LogP contribution in [0.4, 0.5) is 8.78 Å². The molecule has 0 saturated carbocycles. The van der Waals surface area contributed by atoms with Crippen LogP contribution in [0.15, 0.2) is 24.3 Å². The number of benzene rings is 1. The van der Waals surface area contributed by atoms with E-state index in [0.717, 1.165) is 30.5 Å². The van der Waals surface area contributed by atoms with Crippen LogP contribution in [0.1, 0.15) is 17.5 Å². The Bertz CT molecular complexity index is 287. The zero-order chi connectivity index (χ0) is 11.1. The predicted octanol–water partition coefficient (Wildman–Crippen LogP) is 2.65. The second-order valence-electron chi connectivity index (χ2n) is 3.62. The van der Waals surface area contributed by atoms with Gasteiger partial charge >= 0.3 is 0 Å². The summed E-state index contributed by atoms with van der Waals surface area (Å²) in [4.78, 5) is 0. The lowest BCUT2D eigenvalue weighted by Crippen LogP contribution is -2.08. The van der Waals surface area contributed by atoms with Gasteiger partial charge in [0, 0.05) is 6.42 Å². The van der Waals surface area contributed by atoms with Crippen molar-refractivity contribution < 1.29 is 8.78 Å². The molecule has 0 aromatic heterocycles. The summed E-state index contributed by atoms with van der Waals surface area (Å²) < 4.78 is 24.3. The second-order valence-corrected chi connectivity index (χ2v) is 3.62. The molecule has 1 aromatic carbocycles. The maximum atomic E-state index is 12.1. The molecule has 0 heterocycles. The van der Waals surface area contributed by atoms with E-state index >= 15 is 0 Å². The molecule has 1 rings (SSSR count). The Balaban J connectivity index is 2.50. The van der Waals surface area contributed by atoms with Crippen molar-refractivity contribution in [3.05, 3.63) is 35.4 Å². The van der Waals surface area contributed by atoms with Gasteiger partial charge in [0.1, 0.15) is 0 Å². The maximum Gasteiger partial charge on any atom is 0.242 e. The summed E-state index contributed by atoms with van der Waals surface area (Å²) in [5.41, 5.74) is 1.87. The Hall–Kier alpha value is -0.960. The third-order valence-corrected chi connectivity index (χ3v) is 2.27. The topological polar surface area (TPSA) is 12.0 Å². The molecule has 0 spiro atoms. The van der Waals surface area contributed by atoms with Gasteiger partial charge in [-0.2, -0.15) is 0 Å². The van der Waals surface area contributed by atoms with Gasteiger partial charge in [-0.05, 0) is 37.6 Å². The van der Waals surface area contributed by atoms with E-state index in [-0.39, 0.29) is 6.42 Å². The van der Waals surface area contributed by atoms with Gasteiger partial charge in [0.2, 0.25) is 6.43 Å². The summed E-state index contributed by atoms with van der Waals surface area (Å²) in [5, 5.41) is 3.06. The van der Waals surface area contributed by atoms with Crippen LogP contribution < -0.4 is 5.32 Å². The molecular weight excluding hydrogens is 196 g/mol. The van der Waals surface area contributed by atoms with E-state index in [1.54, 1.807) is 6.07 Å². The number of alkyl halides is 2. The Kier molecular flexibility index (Phi) is 5.26. The van der Waals surface area contributed by atoms with Gasteiger partial charge in [-0.1, -0.05) is 24.3 Å². The van der Waals surface area contributed by atoms with E-state index < -0.39 is 6.43 Å². The number of nitrogens with one attached hydrogen (secondary N) is 1. The van der Waals surface area contributed by atoms with E-state index in [2.05, 4.69) is 5.32 Å². The van der Waals surface area contributed by atoms with E-state index in [1.165, 1.54) is 0 Å². The molecule has 0 amide bonds. The normalized spacial score (nSPS) is 10.9. The average molecular weight is 213 g/mol. The Morgan fingerprint density at radius 2 is 2.00 bits per heavy atom. The number of aryl methyl sites for hydroxylation is 1. The molecule has 1 N–H and O–H groups in total. The van der Waals surface area contributed by atoms with Gasteiger partial charge in [-0.15, -0.1) is 0 Å². The van der Waals surface area contributed by atoms with Gasteiger partial charge in [-0.3, -0.25) is 0 Å². The first-order chi connectivity index (χ1) is 7.22. The quantitative estimate of drug-likeness (QED) is 0.716. The van der Waals surface area contributed by atoms with Gasteiger partial charge in [0.25, 0.3) is 0 Å². The van der Waals surface area contributed by atoms with Crippen molar-refractivity contribution in [2.45, 2.75) is 25.7 Å². The number of halogens is 2. The molecule has 0 fully saturated rings. The van der Waals surface area contributed by atoms with Crippen LogP contribution in [0.25, 0.3) is 0 Å². The minimum atomic E-state index is -2.25. The fourth-order valence-electron chi connectivity index (χ4n) is 1.56. The predicted molar refractivity (Wildman–Crippen MR) is 58.4 cm³/mol. The molecule has 0 unspecified atom stereocenters. The lowest BCUT2D eigenvalue weighted by atomic mass is 10.0. The Morgan fingerprint density at radius 1 is 1.27 bits per heavy atom. The van der Waals surface area contributed by atoms with E-state index in [1.807, 2.05) is 25.2 Å². The van der Waals surface area contributed by atoms with Gasteiger partial charge in [0.15, 0.2) is 0 Å². The van der Waals surface area contributed by atoms with Crippen LogP contribution in [0, 0.1) is 0 Å². The molecular formula is C12H17F2N. The second kappa shape index (κ2) is 6.51. The van der Waals surface area contributed by atoms with Crippen molar-refractivity contribution >= 4 is 0 Å². The monoisotopic (exact) mass is 213 g/mol. The summed E-state index contributed by atoms with van der Waals surface area (Å²) in [5.74, 6) is 0. The molecule has 3 heteroatoms. The van der Waals surface area contributed by atoms with Crippen molar-refractivity contribution in [2.24, 2.45) is 0 Å². The highest BCUT2D eigenvalue weighted by atomic mass is 19.3. The summed E-state index contributed by atoms with van der Waals surface area (Å²) >= 11 is 0. The zero-order valence-corrected chi connectivity index (χ0v) is 8.97. The molecule has 84 valence electrons. The Labute approximate surface area is 89.5 Å². The molecule has 0 aliphatic rings. The third-order valence-electron chi connectivity index (χ3n) is 2.27. The van der Waals surface area contributed by atoms with Crippen molar-refractivity contribution in [2.75, 3.05) is 13.6 Å². The number of rotatable bonds is 6. The number of hydrogen-bond acceptors (Lipinski definition) is 1. The fraction of sp³-hybridized carbons (Fsp3) is 0.500. The molecule has 1 nitrogen and oxygen atoms in total. The number of hydrogen-bond donors (Lipinski definition) is 1. The molecule has 0 atom stereocenters. The van der Waals surface area contributed by atoms with Gasteiger partial charge in [-0.25, -0.2) is 8.78 Å². The summed E-state index contributed by atoms with van der Waals surface area (Å²) in [7, 11) is 1.91. The van der Waals surface area contributed by atoms with E-state index in [9.17, 15) is 8.78 Å². The third kappa shape index (κ3) is 4.88. The first kappa shape index (κ1) is 12.1. The fourth-order valence-corrected chi connectivity index (χ4v) is 1.56. The van der Waals surface area contributed by atoms with Crippen LogP contribution in [-0.2, 0) is 12.8 Å². The molecule has 15 heavy (non-hydrogen) atoms. The van der Waals surface area contributed by atoms with Crippen LogP contribution in [0.5, 0.6) is 0 Å². The lowest BCUT2D eigenvalue weighted by Gasteiger charge is -2.04. The SMILES string of the molecule is CNCCCc1cccc(CC(F)F)c1. The molecule has 0 radical (unpaired) electrons. The highest BCUT2D eigenvalue weighted by molar-refractivity contribution is 5.23. The van der Waals surface area contributed by atoms with Crippen molar-refractivity contribution in [1.82, 2.24) is 5.32 Å². The summed E-state index contributed by atoms with van der Waals surface area (Å²) in [6.07, 6.45) is -0.413. The maximum absolute atomic E-state index is 12.1. The summed E-state index contributed by atoms with van der Waals surface area (Å²) in [6, 6.07) is 7.48.